The standard InChI is InChI=1S/C43H63N11O12S2/c1-5-22(4)35-42(65)48-25(12-13-32(44)56)37(60)50-28(17-33(45)57)38(61)52-30-20-68-67-19-29(40(63)49-27(39(62)53-35)16-23-8-10-24(55)11-9-23)47-34(58)18-46-36(59)26(15-21(2)3)51-41(64)31-7-6-14-54(31)43(30)66/h8-11,21-22,25-31,35,55H,5-7,12-20H2,1-4H3,(H2,44,56)(H2,45,57)(H,46,59)(H,47,58)(H,48,65)(H,49,63)(H,50,60)(H,51,64)(H,52,61)(H,53,62)/t22-,25-,26-,27-,28-,29-,30-,31-,35-/m0/s1. The van der Waals surface area contributed by atoms with Crippen LogP contribution in [0.3, 0.4) is 0 Å². The van der Waals surface area contributed by atoms with E-state index in [0.29, 0.717) is 18.4 Å². The Labute approximate surface area is 401 Å². The van der Waals surface area contributed by atoms with Crippen molar-refractivity contribution in [3.63, 3.8) is 0 Å². The van der Waals surface area contributed by atoms with Crippen LogP contribution in [0.4, 0.5) is 0 Å². The monoisotopic (exact) mass is 989 g/mol. The van der Waals surface area contributed by atoms with Gasteiger partial charge in [-0.3, -0.25) is 52.7 Å². The topological polar surface area (TPSA) is 360 Å². The molecule has 11 amide bonds. The van der Waals surface area contributed by atoms with E-state index in [2.05, 4.69) is 42.5 Å². The molecule has 3 aliphatic rings. The molecule has 1 aromatic rings. The van der Waals surface area contributed by atoms with E-state index in [-0.39, 0.29) is 49.0 Å². The molecule has 374 valence electrons. The number of phenols is 1. The summed E-state index contributed by atoms with van der Waals surface area (Å²) < 4.78 is 0. The summed E-state index contributed by atoms with van der Waals surface area (Å²) in [5.41, 5.74) is 11.4. The average molecular weight is 990 g/mol. The third kappa shape index (κ3) is 16.3. The van der Waals surface area contributed by atoms with Gasteiger partial charge in [-0.2, -0.15) is 0 Å². The fraction of sp³-hybridized carbons (Fsp3) is 0.605. The van der Waals surface area contributed by atoms with E-state index < -0.39 is 145 Å². The van der Waals surface area contributed by atoms with Crippen LogP contribution in [0, 0.1) is 11.8 Å². The second-order valence-corrected chi connectivity index (χ2v) is 20.0. The molecule has 0 radical (unpaired) electrons. The third-order valence-corrected chi connectivity index (χ3v) is 14.0. The lowest BCUT2D eigenvalue weighted by Gasteiger charge is -2.31. The number of primary amides is 2. The fourth-order valence-corrected chi connectivity index (χ4v) is 10.00. The quantitative estimate of drug-likeness (QED) is 0.0991. The molecule has 9 atom stereocenters. The Kier molecular flexibility index (Phi) is 20.7. The number of carbonyl (C=O) groups is 11. The summed E-state index contributed by atoms with van der Waals surface area (Å²) in [6, 6.07) is -5.42. The number of benzene rings is 1. The molecule has 0 spiro atoms. The van der Waals surface area contributed by atoms with Gasteiger partial charge < -0.3 is 64.0 Å². The minimum Gasteiger partial charge on any atom is -0.508 e. The summed E-state index contributed by atoms with van der Waals surface area (Å²) in [6.45, 7) is 6.49. The highest BCUT2D eigenvalue weighted by atomic mass is 33.1. The fourth-order valence-electron chi connectivity index (χ4n) is 7.68. The Hall–Kier alpha value is -6.11. The number of hydrogen-bond donors (Lipinski definition) is 11. The number of nitrogens with zero attached hydrogens (tertiary/aromatic N) is 1. The van der Waals surface area contributed by atoms with Crippen molar-refractivity contribution in [1.82, 2.24) is 47.4 Å². The lowest BCUT2D eigenvalue weighted by molar-refractivity contribution is -0.142. The summed E-state index contributed by atoms with van der Waals surface area (Å²) in [7, 11) is 2.00. The number of nitrogens with one attached hydrogen (secondary N) is 8. The Balaban J connectivity index is 1.87. The molecule has 0 aliphatic carbocycles. The van der Waals surface area contributed by atoms with Crippen LogP contribution in [0.1, 0.15) is 78.2 Å². The zero-order valence-corrected chi connectivity index (χ0v) is 40.1. The van der Waals surface area contributed by atoms with Crippen molar-refractivity contribution in [2.45, 2.75) is 127 Å². The molecule has 0 aromatic heterocycles. The van der Waals surface area contributed by atoms with E-state index in [0.717, 1.165) is 21.6 Å². The summed E-state index contributed by atoms with van der Waals surface area (Å²) in [4.78, 5) is 152. The second-order valence-electron chi connectivity index (χ2n) is 17.4. The van der Waals surface area contributed by atoms with Crippen LogP contribution in [0.5, 0.6) is 5.75 Å². The second kappa shape index (κ2) is 25.9. The lowest BCUT2D eigenvalue weighted by atomic mass is 9.96. The summed E-state index contributed by atoms with van der Waals surface area (Å²) in [5, 5.41) is 30.6. The summed E-state index contributed by atoms with van der Waals surface area (Å²) in [5.74, 6) is -10.7. The molecule has 23 nitrogen and oxygen atoms in total. The van der Waals surface area contributed by atoms with Crippen molar-refractivity contribution in [3.8, 4) is 5.75 Å². The Morgan fingerprint density at radius 3 is 1.94 bits per heavy atom. The van der Waals surface area contributed by atoms with Gasteiger partial charge in [-0.05, 0) is 55.2 Å². The zero-order valence-electron chi connectivity index (χ0n) is 38.4. The molecule has 3 heterocycles. The molecule has 3 fully saturated rings. The van der Waals surface area contributed by atoms with Gasteiger partial charge in [0.25, 0.3) is 0 Å². The molecule has 3 aliphatic heterocycles. The van der Waals surface area contributed by atoms with Crippen LogP contribution in [0.15, 0.2) is 24.3 Å². The number of hydrogen-bond acceptors (Lipinski definition) is 14. The number of aromatic hydroxyl groups is 1. The number of amides is 11. The van der Waals surface area contributed by atoms with Crippen molar-refractivity contribution in [2.24, 2.45) is 23.3 Å². The minimum atomic E-state index is -1.74. The maximum Gasteiger partial charge on any atom is 0.246 e. The Morgan fingerprint density at radius 1 is 0.706 bits per heavy atom. The average Bonchev–Trinajstić information content (AvgIpc) is 3.78. The SMILES string of the molecule is CC[C@H](C)[C@@H]1NC(=O)[C@H](Cc2ccc(O)cc2)NC(=O)[C@@H]2CSSC[C@H](NC(=O)[C@H](CC(N)=O)NC(=O)[C@H](CCC(N)=O)NC1=O)C(=O)N1CCC[C@H]1C(=O)N[C@@H](CC(C)C)C(=O)NCC(=O)N2. The van der Waals surface area contributed by atoms with Gasteiger partial charge in [0.1, 0.15) is 54.1 Å². The van der Waals surface area contributed by atoms with Crippen LogP contribution in [-0.2, 0) is 59.2 Å². The van der Waals surface area contributed by atoms with Crippen molar-refractivity contribution in [2.75, 3.05) is 24.6 Å². The molecule has 0 saturated carbocycles. The van der Waals surface area contributed by atoms with E-state index in [1.165, 1.54) is 29.2 Å². The van der Waals surface area contributed by atoms with Gasteiger partial charge in [-0.1, -0.05) is 67.8 Å². The molecule has 3 saturated heterocycles. The van der Waals surface area contributed by atoms with Crippen molar-refractivity contribution in [3.05, 3.63) is 29.8 Å². The van der Waals surface area contributed by atoms with Crippen LogP contribution < -0.4 is 54.0 Å². The Bertz CT molecular complexity index is 2060. The predicted molar refractivity (Wildman–Crippen MR) is 249 cm³/mol. The zero-order chi connectivity index (χ0) is 50.2. The molecular formula is C43H63N11O12S2. The van der Waals surface area contributed by atoms with Gasteiger partial charge in [0.05, 0.1) is 13.0 Å². The molecule has 2 bridgehead atoms. The van der Waals surface area contributed by atoms with E-state index in [4.69, 9.17) is 11.5 Å². The predicted octanol–water partition coefficient (Wildman–Crippen LogP) is -2.92. The van der Waals surface area contributed by atoms with E-state index in [1.54, 1.807) is 13.8 Å². The number of fused-ring (bicyclic) bond motifs is 6. The highest BCUT2D eigenvalue weighted by molar-refractivity contribution is 8.76. The Morgan fingerprint density at radius 2 is 1.31 bits per heavy atom. The van der Waals surface area contributed by atoms with Gasteiger partial charge >= 0.3 is 0 Å². The number of phenolic OH excluding ortho intramolecular Hbond substituents is 1. The summed E-state index contributed by atoms with van der Waals surface area (Å²) >= 11 is 0. The van der Waals surface area contributed by atoms with Crippen LogP contribution >= 0.6 is 21.6 Å². The first-order valence-corrected chi connectivity index (χ1v) is 24.9. The van der Waals surface area contributed by atoms with Crippen LogP contribution in [-0.4, -0.2) is 148 Å². The highest BCUT2D eigenvalue weighted by Crippen LogP contribution is 2.26. The molecule has 1 aromatic carbocycles. The maximum absolute atomic E-state index is 14.5. The number of rotatable bonds is 11. The lowest BCUT2D eigenvalue weighted by Crippen LogP contribution is -2.62. The van der Waals surface area contributed by atoms with Gasteiger partial charge in [-0.25, -0.2) is 0 Å². The minimum absolute atomic E-state index is 0.0736. The van der Waals surface area contributed by atoms with Gasteiger partial charge in [0.15, 0.2) is 0 Å². The first kappa shape index (κ1) is 54.5. The first-order chi connectivity index (χ1) is 32.2. The van der Waals surface area contributed by atoms with Crippen molar-refractivity contribution < 1.29 is 57.8 Å². The molecule has 4 rings (SSSR count). The van der Waals surface area contributed by atoms with E-state index in [1.807, 2.05) is 13.8 Å². The van der Waals surface area contributed by atoms with E-state index >= 15 is 0 Å². The summed E-state index contributed by atoms with van der Waals surface area (Å²) in [6.07, 6.45) is -0.732. The van der Waals surface area contributed by atoms with Gasteiger partial charge in [-0.15, -0.1) is 0 Å². The number of carbonyl (C=O) groups excluding carboxylic acids is 11. The highest BCUT2D eigenvalue weighted by Gasteiger charge is 2.41. The third-order valence-electron chi connectivity index (χ3n) is 11.6. The maximum atomic E-state index is 14.5. The molecule has 13 N–H and O–H groups in total. The molecule has 68 heavy (non-hydrogen) atoms. The van der Waals surface area contributed by atoms with Crippen LogP contribution in [0.2, 0.25) is 0 Å². The molecule has 0 unspecified atom stereocenters. The normalized spacial score (nSPS) is 27.1. The smallest absolute Gasteiger partial charge is 0.246 e. The van der Waals surface area contributed by atoms with Gasteiger partial charge in [0, 0.05) is 30.9 Å². The van der Waals surface area contributed by atoms with Crippen molar-refractivity contribution in [1.29, 1.82) is 0 Å². The van der Waals surface area contributed by atoms with Gasteiger partial charge in [0.2, 0.25) is 65.0 Å². The molecule has 25 heteroatoms. The molecular weight excluding hydrogens is 927 g/mol. The van der Waals surface area contributed by atoms with Crippen LogP contribution in [0.25, 0.3) is 0 Å². The number of nitrogens with two attached hydrogens (primary N) is 2. The largest absolute Gasteiger partial charge is 0.508 e. The van der Waals surface area contributed by atoms with Crippen molar-refractivity contribution >= 4 is 86.6 Å². The first-order valence-electron chi connectivity index (χ1n) is 22.5. The van der Waals surface area contributed by atoms with E-state index in [9.17, 15) is 57.8 Å².